The summed E-state index contributed by atoms with van der Waals surface area (Å²) in [6, 6.07) is 0. The highest BCUT2D eigenvalue weighted by Crippen LogP contribution is 2.20. The van der Waals surface area contributed by atoms with Crippen LogP contribution in [-0.2, 0) is 0 Å². The molecule has 0 bridgehead atoms. The van der Waals surface area contributed by atoms with Gasteiger partial charge in [-0.2, -0.15) is 0 Å². The van der Waals surface area contributed by atoms with Crippen LogP contribution in [0.2, 0.25) is 0 Å². The van der Waals surface area contributed by atoms with Crippen LogP contribution in [-0.4, -0.2) is 30.1 Å². The maximum absolute atomic E-state index is 6.70. The summed E-state index contributed by atoms with van der Waals surface area (Å²) in [4.78, 5) is 0. The van der Waals surface area contributed by atoms with E-state index < -0.39 is 0 Å². The number of rotatable bonds is 35. The van der Waals surface area contributed by atoms with Gasteiger partial charge in [0.25, 0.3) is 0 Å². The lowest BCUT2D eigenvalue weighted by molar-refractivity contribution is -0.919. The van der Waals surface area contributed by atoms with E-state index in [1.807, 2.05) is 0 Å². The first kappa shape index (κ1) is 44.3. The minimum Gasteiger partial charge on any atom is -0.344 e. The van der Waals surface area contributed by atoms with Crippen molar-refractivity contribution in [1.29, 1.82) is 0 Å². The average molecular weight is 617 g/mol. The lowest BCUT2D eigenvalue weighted by Crippen LogP contribution is -2.49. The third-order valence-electron chi connectivity index (χ3n) is 9.90. The van der Waals surface area contributed by atoms with Gasteiger partial charge in [-0.15, -0.1) is 0 Å². The molecule has 3 N–H and O–H groups in total. The molecule has 0 saturated heterocycles. The Balaban J connectivity index is 0. The van der Waals surface area contributed by atoms with Gasteiger partial charge in [-0.3, -0.25) is 0 Å². The van der Waals surface area contributed by atoms with E-state index in [4.69, 9.17) is 11.6 Å². The number of hydrogen-bond donors (Lipinski definition) is 1. The summed E-state index contributed by atoms with van der Waals surface area (Å²) in [6.45, 7) is 9.37. The van der Waals surface area contributed by atoms with Crippen molar-refractivity contribution in [1.82, 2.24) is 6.15 Å². The summed E-state index contributed by atoms with van der Waals surface area (Å²) < 4.78 is 1.07. The molecule has 0 aromatic rings. The Labute approximate surface area is 273 Å². The van der Waals surface area contributed by atoms with Gasteiger partial charge >= 0.3 is 0 Å². The van der Waals surface area contributed by atoms with Crippen LogP contribution >= 0.6 is 11.6 Å². The van der Waals surface area contributed by atoms with Crippen molar-refractivity contribution in [3.63, 3.8) is 0 Å². The molecule has 0 saturated carbocycles. The molecule has 42 heavy (non-hydrogen) atoms. The van der Waals surface area contributed by atoms with Crippen LogP contribution in [0.1, 0.15) is 226 Å². The molecule has 0 aliphatic carbocycles. The van der Waals surface area contributed by atoms with Gasteiger partial charge in [0.05, 0.1) is 20.1 Å². The van der Waals surface area contributed by atoms with Crippen molar-refractivity contribution in [3.8, 4) is 0 Å². The minimum atomic E-state index is 0. The molecule has 2 nitrogen and oxygen atoms in total. The maximum atomic E-state index is 6.70. The van der Waals surface area contributed by atoms with Crippen molar-refractivity contribution in [2.24, 2.45) is 0 Å². The monoisotopic (exact) mass is 616 g/mol. The van der Waals surface area contributed by atoms with E-state index in [-0.39, 0.29) is 11.7 Å². The van der Waals surface area contributed by atoms with Gasteiger partial charge in [0.1, 0.15) is 0 Å². The van der Waals surface area contributed by atoms with Crippen LogP contribution < -0.4 is 6.15 Å². The number of alkyl halides is 1. The van der Waals surface area contributed by atoms with Gasteiger partial charge in [0, 0.05) is 6.92 Å². The number of unbranched alkanes of at least 4 members (excludes halogenated alkanes) is 30. The summed E-state index contributed by atoms with van der Waals surface area (Å²) in [6.07, 6.45) is 46.2. The zero-order valence-corrected chi connectivity index (χ0v) is 30.9. The molecule has 0 rings (SSSR count). The van der Waals surface area contributed by atoms with E-state index in [2.05, 4.69) is 27.8 Å². The van der Waals surface area contributed by atoms with Gasteiger partial charge in [-0.1, -0.05) is 205 Å². The number of nitrogens with zero attached hydrogens (tertiary/aromatic N) is 1. The van der Waals surface area contributed by atoms with Crippen LogP contribution in [0.4, 0.5) is 0 Å². The third kappa shape index (κ3) is 31.6. The molecule has 0 aromatic carbocycles. The largest absolute Gasteiger partial charge is 0.344 e. The smallest absolute Gasteiger partial charge is 0.161 e. The lowest BCUT2D eigenvalue weighted by Gasteiger charge is -2.37. The second kappa shape index (κ2) is 35.7. The average Bonchev–Trinajstić information content (AvgIpc) is 2.96. The standard InChI is InChI=1S/C39H81ClN.H3N/c1-5-7-9-11-13-15-17-19-21-23-25-27-29-31-33-35-37-41(4,39(3)40)38-36-34-32-30-28-26-24-22-20-18-16-14-12-10-8-6-2;/h39H,5-38H2,1-4H3;1H3/q+1;. The topological polar surface area (TPSA) is 35.0 Å². The van der Waals surface area contributed by atoms with E-state index in [1.165, 1.54) is 219 Å². The summed E-state index contributed by atoms with van der Waals surface area (Å²) in [5.74, 6) is 0. The van der Waals surface area contributed by atoms with Gasteiger partial charge < -0.3 is 10.6 Å². The highest BCUT2D eigenvalue weighted by Gasteiger charge is 2.26. The second-order valence-electron chi connectivity index (χ2n) is 14.1. The molecule has 0 amide bonds. The van der Waals surface area contributed by atoms with Crippen LogP contribution in [0.25, 0.3) is 0 Å². The van der Waals surface area contributed by atoms with Crippen molar-refractivity contribution >= 4 is 11.6 Å². The molecule has 0 aliphatic rings. The van der Waals surface area contributed by atoms with Crippen molar-refractivity contribution in [2.75, 3.05) is 20.1 Å². The van der Waals surface area contributed by atoms with Crippen molar-refractivity contribution < 1.29 is 4.48 Å². The predicted molar refractivity (Wildman–Crippen MR) is 195 cm³/mol. The Morgan fingerprint density at radius 3 is 0.690 bits per heavy atom. The van der Waals surface area contributed by atoms with Crippen LogP contribution in [0.15, 0.2) is 0 Å². The fourth-order valence-corrected chi connectivity index (χ4v) is 6.70. The zero-order valence-electron chi connectivity index (χ0n) is 30.2. The van der Waals surface area contributed by atoms with Crippen LogP contribution in [0.5, 0.6) is 0 Å². The van der Waals surface area contributed by atoms with Gasteiger partial charge in [-0.05, 0) is 25.7 Å². The van der Waals surface area contributed by atoms with Gasteiger partial charge in [0.15, 0.2) is 5.50 Å². The molecule has 0 aromatic heterocycles. The summed E-state index contributed by atoms with van der Waals surface area (Å²) >= 11 is 6.70. The molecule has 1 atom stereocenters. The summed E-state index contributed by atoms with van der Waals surface area (Å²) in [7, 11) is 2.41. The Bertz CT molecular complexity index is 445. The van der Waals surface area contributed by atoms with E-state index in [0.717, 1.165) is 4.48 Å². The van der Waals surface area contributed by atoms with Gasteiger partial charge in [0.2, 0.25) is 0 Å². The van der Waals surface area contributed by atoms with Crippen LogP contribution in [0.3, 0.4) is 0 Å². The fourth-order valence-electron chi connectivity index (χ4n) is 6.51. The Morgan fingerprint density at radius 1 is 0.357 bits per heavy atom. The highest BCUT2D eigenvalue weighted by atomic mass is 35.5. The SMILES string of the molecule is CCCCCCCCCCCCCCCCCC[N+](C)(CCCCCCCCCCCCCCCCCC)C(C)Cl.N. The van der Waals surface area contributed by atoms with Gasteiger partial charge in [-0.25, -0.2) is 0 Å². The zero-order chi connectivity index (χ0) is 30.1. The normalized spacial score (nSPS) is 12.5. The molecule has 0 heterocycles. The number of halogens is 1. The molecule has 0 fully saturated rings. The van der Waals surface area contributed by atoms with E-state index >= 15 is 0 Å². The van der Waals surface area contributed by atoms with Crippen molar-refractivity contribution in [3.05, 3.63) is 0 Å². The molecule has 3 heteroatoms. The summed E-state index contributed by atoms with van der Waals surface area (Å²) in [5, 5.41) is 0. The molecule has 0 radical (unpaired) electrons. The third-order valence-corrected chi connectivity index (χ3v) is 10.4. The minimum absolute atomic E-state index is 0. The lowest BCUT2D eigenvalue weighted by atomic mass is 10.0. The molecule has 256 valence electrons. The first-order valence-electron chi connectivity index (χ1n) is 19.5. The number of hydrogen-bond acceptors (Lipinski definition) is 1. The Hall–Kier alpha value is 0.210. The predicted octanol–water partition coefficient (Wildman–Crippen LogP) is 14.7. The van der Waals surface area contributed by atoms with E-state index in [0.29, 0.717) is 0 Å². The van der Waals surface area contributed by atoms with Crippen molar-refractivity contribution in [2.45, 2.75) is 232 Å². The highest BCUT2D eigenvalue weighted by molar-refractivity contribution is 6.19. The first-order valence-corrected chi connectivity index (χ1v) is 20.0. The quantitative estimate of drug-likeness (QED) is 0.0327. The maximum Gasteiger partial charge on any atom is 0.161 e. The number of quaternary nitrogens is 1. The summed E-state index contributed by atoms with van der Waals surface area (Å²) in [5.41, 5.74) is 0.239. The molecule has 1 unspecified atom stereocenters. The molecular weight excluding hydrogens is 532 g/mol. The Morgan fingerprint density at radius 2 is 0.524 bits per heavy atom. The van der Waals surface area contributed by atoms with E-state index in [9.17, 15) is 0 Å². The molecule has 0 aliphatic heterocycles. The first-order chi connectivity index (χ1) is 20.1. The molecular formula is C39H84ClN2+. The van der Waals surface area contributed by atoms with E-state index in [1.54, 1.807) is 0 Å². The molecule has 0 spiro atoms. The van der Waals surface area contributed by atoms with Crippen LogP contribution in [0, 0.1) is 0 Å². The fraction of sp³-hybridized carbons (Fsp3) is 1.00. The second-order valence-corrected chi connectivity index (χ2v) is 14.7. The Kier molecular flexibility index (Phi) is 37.7.